The molecule has 4 nitrogen and oxygen atoms in total. The topological polar surface area (TPSA) is 44.8 Å². The molecule has 1 heterocycles. The summed E-state index contributed by atoms with van der Waals surface area (Å²) < 4.78 is 30.9. The van der Waals surface area contributed by atoms with E-state index in [0.717, 1.165) is 38.5 Å². The lowest BCUT2D eigenvalue weighted by Gasteiger charge is -2.21. The van der Waals surface area contributed by atoms with Gasteiger partial charge < -0.3 is 18.8 Å². The molecule has 0 saturated carbocycles. The molecule has 27 heavy (non-hydrogen) atoms. The van der Waals surface area contributed by atoms with Gasteiger partial charge in [-0.2, -0.15) is 0 Å². The van der Waals surface area contributed by atoms with Gasteiger partial charge in [-0.25, -0.2) is 0 Å². The molecular formula is C22H21O4P. The van der Waals surface area contributed by atoms with Crippen LogP contribution in [0.15, 0.2) is 60.7 Å². The summed E-state index contributed by atoms with van der Waals surface area (Å²) in [4.78, 5) is 0. The fraction of sp³-hybridized carbons (Fsp3) is 0.182. The van der Waals surface area contributed by atoms with E-state index in [0.29, 0.717) is 5.75 Å². The number of benzene rings is 3. The summed E-state index contributed by atoms with van der Waals surface area (Å²) in [6.45, 7) is 4.16. The van der Waals surface area contributed by atoms with Gasteiger partial charge >= 0.3 is 0 Å². The second-order valence-electron chi connectivity index (χ2n) is 6.64. The van der Waals surface area contributed by atoms with Crippen LogP contribution < -0.4 is 30.1 Å². The van der Waals surface area contributed by atoms with Crippen molar-refractivity contribution in [2.24, 2.45) is 0 Å². The van der Waals surface area contributed by atoms with Crippen molar-refractivity contribution >= 4 is 23.1 Å². The van der Waals surface area contributed by atoms with E-state index in [1.165, 1.54) is 0 Å². The molecule has 0 aromatic heterocycles. The number of fused-ring (bicyclic) bond motifs is 1. The highest BCUT2D eigenvalue weighted by molar-refractivity contribution is 7.85. The number of methoxy groups -OCH3 is 1. The molecular weight excluding hydrogens is 359 g/mol. The molecule has 1 unspecified atom stereocenters. The Labute approximate surface area is 159 Å². The number of aryl methyl sites for hydroxylation is 2. The zero-order valence-corrected chi connectivity index (χ0v) is 16.5. The van der Waals surface area contributed by atoms with Crippen molar-refractivity contribution in [2.75, 3.05) is 13.9 Å². The molecule has 0 bridgehead atoms. The first-order chi connectivity index (χ1) is 13.0. The number of rotatable bonds is 4. The quantitative estimate of drug-likeness (QED) is 0.648. The van der Waals surface area contributed by atoms with E-state index in [2.05, 4.69) is 0 Å². The van der Waals surface area contributed by atoms with Crippen LogP contribution in [0.3, 0.4) is 0 Å². The van der Waals surface area contributed by atoms with Gasteiger partial charge in [-0.15, -0.1) is 0 Å². The second kappa shape index (κ2) is 6.79. The molecule has 3 aromatic rings. The molecule has 3 aromatic carbocycles. The van der Waals surface area contributed by atoms with Gasteiger partial charge in [-0.05, 0) is 55.8 Å². The van der Waals surface area contributed by atoms with Crippen molar-refractivity contribution in [3.05, 3.63) is 71.8 Å². The van der Waals surface area contributed by atoms with Gasteiger partial charge in [0.2, 0.25) is 6.79 Å². The van der Waals surface area contributed by atoms with Gasteiger partial charge in [0.1, 0.15) is 5.75 Å². The third-order valence-corrected chi connectivity index (χ3v) is 7.88. The molecule has 0 amide bonds. The highest BCUT2D eigenvalue weighted by atomic mass is 31.2. The molecule has 4 rings (SSSR count). The fourth-order valence-electron chi connectivity index (χ4n) is 3.34. The summed E-state index contributed by atoms with van der Waals surface area (Å²) in [5.41, 5.74) is 2.04. The Morgan fingerprint density at radius 1 is 0.852 bits per heavy atom. The molecule has 1 aliphatic heterocycles. The van der Waals surface area contributed by atoms with Gasteiger partial charge in [0.05, 0.1) is 7.11 Å². The minimum Gasteiger partial charge on any atom is -0.497 e. The highest BCUT2D eigenvalue weighted by Gasteiger charge is 2.32. The Kier molecular flexibility index (Phi) is 4.45. The van der Waals surface area contributed by atoms with Crippen molar-refractivity contribution in [3.63, 3.8) is 0 Å². The van der Waals surface area contributed by atoms with E-state index < -0.39 is 7.14 Å². The van der Waals surface area contributed by atoms with Crippen molar-refractivity contribution < 1.29 is 18.8 Å². The molecule has 0 aliphatic carbocycles. The van der Waals surface area contributed by atoms with E-state index in [4.69, 9.17) is 14.2 Å². The lowest BCUT2D eigenvalue weighted by Crippen LogP contribution is -2.25. The zero-order valence-electron chi connectivity index (χ0n) is 15.6. The molecule has 138 valence electrons. The third-order valence-electron chi connectivity index (χ3n) is 4.84. The number of hydrogen-bond donors (Lipinski definition) is 0. The summed E-state index contributed by atoms with van der Waals surface area (Å²) in [6, 6.07) is 19.1. The smallest absolute Gasteiger partial charge is 0.231 e. The molecule has 0 N–H and O–H groups in total. The highest BCUT2D eigenvalue weighted by Crippen LogP contribution is 2.46. The van der Waals surface area contributed by atoms with Crippen LogP contribution in [0.25, 0.3) is 0 Å². The number of hydrogen-bond acceptors (Lipinski definition) is 4. The second-order valence-corrected chi connectivity index (χ2v) is 9.41. The maximum absolute atomic E-state index is 14.5. The van der Waals surface area contributed by atoms with Crippen molar-refractivity contribution in [1.29, 1.82) is 0 Å². The standard InChI is InChI=1S/C22H21O4P/c1-15-4-8-18(9-5-15)27(23,19-10-6-17(24-3)7-11-19)20-12-16(2)22-21(13-20)25-14-26-22/h4-13H,14H2,1-3H3. The summed E-state index contributed by atoms with van der Waals surface area (Å²) in [5, 5.41) is 2.28. The summed E-state index contributed by atoms with van der Waals surface area (Å²) in [7, 11) is -1.46. The molecule has 5 heteroatoms. The van der Waals surface area contributed by atoms with Crippen LogP contribution in [0.5, 0.6) is 17.2 Å². The molecule has 1 aliphatic rings. The van der Waals surface area contributed by atoms with E-state index in [1.54, 1.807) is 7.11 Å². The minimum absolute atomic E-state index is 0.191. The van der Waals surface area contributed by atoms with Crippen LogP contribution in [0.1, 0.15) is 11.1 Å². The van der Waals surface area contributed by atoms with E-state index in [-0.39, 0.29) is 6.79 Å². The largest absolute Gasteiger partial charge is 0.497 e. The van der Waals surface area contributed by atoms with Crippen LogP contribution in [0, 0.1) is 13.8 Å². The van der Waals surface area contributed by atoms with Gasteiger partial charge in [0, 0.05) is 15.9 Å². The molecule has 0 saturated heterocycles. The van der Waals surface area contributed by atoms with Crippen molar-refractivity contribution in [3.8, 4) is 17.2 Å². The summed E-state index contributed by atoms with van der Waals surface area (Å²) in [6.07, 6.45) is 0. The average molecular weight is 380 g/mol. The fourth-order valence-corrected chi connectivity index (χ4v) is 6.05. The van der Waals surface area contributed by atoms with Gasteiger partial charge in [-0.1, -0.05) is 29.8 Å². The zero-order chi connectivity index (χ0) is 19.0. The Bertz CT molecular complexity index is 1020. The minimum atomic E-state index is -3.08. The Morgan fingerprint density at radius 2 is 1.48 bits per heavy atom. The number of ether oxygens (including phenoxy) is 3. The van der Waals surface area contributed by atoms with Crippen LogP contribution >= 0.6 is 7.14 Å². The average Bonchev–Trinajstić information content (AvgIpc) is 3.17. The summed E-state index contributed by atoms with van der Waals surface area (Å²) in [5.74, 6) is 2.10. The lowest BCUT2D eigenvalue weighted by atomic mass is 10.2. The van der Waals surface area contributed by atoms with Crippen LogP contribution in [-0.4, -0.2) is 13.9 Å². The van der Waals surface area contributed by atoms with Crippen LogP contribution in [-0.2, 0) is 4.57 Å². The van der Waals surface area contributed by atoms with E-state index in [1.807, 2.05) is 74.5 Å². The van der Waals surface area contributed by atoms with Gasteiger partial charge in [0.25, 0.3) is 0 Å². The molecule has 0 fully saturated rings. The Balaban J connectivity index is 1.94. The molecule has 1 atom stereocenters. The van der Waals surface area contributed by atoms with Crippen molar-refractivity contribution in [1.82, 2.24) is 0 Å². The van der Waals surface area contributed by atoms with E-state index >= 15 is 0 Å². The van der Waals surface area contributed by atoms with Crippen molar-refractivity contribution in [2.45, 2.75) is 13.8 Å². The van der Waals surface area contributed by atoms with E-state index in [9.17, 15) is 4.57 Å². The Hall–Kier alpha value is -2.71. The van der Waals surface area contributed by atoms with Crippen LogP contribution in [0.4, 0.5) is 0 Å². The van der Waals surface area contributed by atoms with Crippen LogP contribution in [0.2, 0.25) is 0 Å². The first-order valence-electron chi connectivity index (χ1n) is 8.75. The Morgan fingerprint density at radius 3 is 2.11 bits per heavy atom. The van der Waals surface area contributed by atoms with Gasteiger partial charge in [0.15, 0.2) is 18.6 Å². The maximum atomic E-state index is 14.5. The first-order valence-corrected chi connectivity index (χ1v) is 10.5. The predicted octanol–water partition coefficient (Wildman–Crippen LogP) is 3.68. The summed E-state index contributed by atoms with van der Waals surface area (Å²) >= 11 is 0. The monoisotopic (exact) mass is 380 g/mol. The van der Waals surface area contributed by atoms with Gasteiger partial charge in [-0.3, -0.25) is 0 Å². The first kappa shape index (κ1) is 17.7. The molecule has 0 spiro atoms. The third kappa shape index (κ3) is 3.00. The lowest BCUT2D eigenvalue weighted by molar-refractivity contribution is 0.173. The normalized spacial score (nSPS) is 14.6. The predicted molar refractivity (Wildman–Crippen MR) is 108 cm³/mol. The molecule has 0 radical (unpaired) electrons. The maximum Gasteiger partial charge on any atom is 0.231 e. The SMILES string of the molecule is COc1ccc(P(=O)(c2ccc(C)cc2)c2cc(C)c3c(c2)OCO3)cc1.